The summed E-state index contributed by atoms with van der Waals surface area (Å²) in [7, 11) is 7.51. The van der Waals surface area contributed by atoms with Gasteiger partial charge in [-0.15, -0.1) is 0 Å². The van der Waals surface area contributed by atoms with Crippen molar-refractivity contribution in [3.05, 3.63) is 53.2 Å². The van der Waals surface area contributed by atoms with Crippen LogP contribution < -0.4 is 4.90 Å². The summed E-state index contributed by atoms with van der Waals surface area (Å²) >= 11 is 0. The van der Waals surface area contributed by atoms with Crippen molar-refractivity contribution >= 4 is 5.69 Å². The van der Waals surface area contributed by atoms with Crippen LogP contribution in [0.15, 0.2) is 53.2 Å². The summed E-state index contributed by atoms with van der Waals surface area (Å²) in [4.78, 5) is 4.21. The molecule has 0 saturated carbocycles. The lowest BCUT2D eigenvalue weighted by Gasteiger charge is -2.26. The summed E-state index contributed by atoms with van der Waals surface area (Å²) in [5.74, 6) is 1.81. The van der Waals surface area contributed by atoms with Crippen LogP contribution in [0, 0.1) is 0 Å². The second kappa shape index (κ2) is 9.13. The van der Waals surface area contributed by atoms with Crippen molar-refractivity contribution in [2.45, 2.75) is 27.2 Å². The summed E-state index contributed by atoms with van der Waals surface area (Å²) in [6, 6.07) is 10.2. The Balaban J connectivity index is 2.84. The average molecular weight is 318 g/mol. The minimum Gasteiger partial charge on any atom is -0.482 e. The highest BCUT2D eigenvalue weighted by molar-refractivity contribution is 5.50. The normalized spacial score (nSPS) is 11.4. The van der Waals surface area contributed by atoms with E-state index in [0.29, 0.717) is 0 Å². The number of hydrogen-bond acceptors (Lipinski definition) is 4. The Morgan fingerprint density at radius 1 is 0.913 bits per heavy atom. The largest absolute Gasteiger partial charge is 0.482 e. The number of rotatable bonds is 8. The molecule has 0 aliphatic rings. The van der Waals surface area contributed by atoms with Crippen molar-refractivity contribution in [2.24, 2.45) is 0 Å². The number of nitrogens with zero attached hydrogens (tertiary/aromatic N) is 2. The lowest BCUT2D eigenvalue weighted by Crippen LogP contribution is -2.23. The quantitative estimate of drug-likeness (QED) is 0.670. The molecule has 0 unspecified atom stereocenters. The van der Waals surface area contributed by atoms with Crippen LogP contribution in [0.4, 0.5) is 5.69 Å². The number of methoxy groups -OCH3 is 2. The number of para-hydroxylation sites is 1. The maximum absolute atomic E-state index is 5.64. The van der Waals surface area contributed by atoms with Gasteiger partial charge in [-0.3, -0.25) is 0 Å². The predicted octanol–water partition coefficient (Wildman–Crippen LogP) is 4.22. The molecule has 1 rings (SSSR count). The maximum atomic E-state index is 5.64. The molecular formula is C19H30N2O2. The Hall–Kier alpha value is -2.10. The summed E-state index contributed by atoms with van der Waals surface area (Å²) in [5, 5.41) is 0. The third-order valence-electron chi connectivity index (χ3n) is 3.80. The van der Waals surface area contributed by atoms with E-state index in [1.54, 1.807) is 14.2 Å². The standard InChI is InChI=1S/C19H30N2O2/c1-15(2)18(22-6)20(4)14-13-16(3)19(23-7)21(5)17-11-9-8-10-12-17/h8-12H,13-14H2,1-7H3/b19-16+. The monoisotopic (exact) mass is 318 g/mol. The molecular weight excluding hydrogens is 288 g/mol. The first-order valence-corrected chi connectivity index (χ1v) is 7.87. The molecule has 4 nitrogen and oxygen atoms in total. The number of hydrogen-bond donors (Lipinski definition) is 0. The van der Waals surface area contributed by atoms with Gasteiger partial charge in [0.05, 0.1) is 14.2 Å². The van der Waals surface area contributed by atoms with Crippen LogP contribution in [-0.4, -0.2) is 39.8 Å². The molecule has 0 N–H and O–H groups in total. The summed E-state index contributed by atoms with van der Waals surface area (Å²) < 4.78 is 11.1. The zero-order chi connectivity index (χ0) is 17.4. The van der Waals surface area contributed by atoms with Gasteiger partial charge in [0.25, 0.3) is 0 Å². The number of benzene rings is 1. The lowest BCUT2D eigenvalue weighted by molar-refractivity contribution is 0.170. The van der Waals surface area contributed by atoms with E-state index >= 15 is 0 Å². The molecule has 0 atom stereocenters. The first-order valence-electron chi connectivity index (χ1n) is 7.87. The van der Waals surface area contributed by atoms with Crippen LogP contribution in [0.5, 0.6) is 0 Å². The average Bonchev–Trinajstić information content (AvgIpc) is 2.54. The van der Waals surface area contributed by atoms with E-state index in [1.165, 1.54) is 11.1 Å². The van der Waals surface area contributed by atoms with E-state index < -0.39 is 0 Å². The Kier molecular flexibility index (Phi) is 7.52. The van der Waals surface area contributed by atoms with Crippen molar-refractivity contribution in [1.29, 1.82) is 0 Å². The number of anilines is 1. The van der Waals surface area contributed by atoms with Gasteiger partial charge in [-0.2, -0.15) is 0 Å². The molecule has 0 amide bonds. The van der Waals surface area contributed by atoms with Gasteiger partial charge in [0.1, 0.15) is 0 Å². The summed E-state index contributed by atoms with van der Waals surface area (Å²) in [6.45, 7) is 7.10. The molecule has 0 heterocycles. The van der Waals surface area contributed by atoms with Gasteiger partial charge in [-0.25, -0.2) is 0 Å². The van der Waals surface area contributed by atoms with Crippen LogP contribution >= 0.6 is 0 Å². The van der Waals surface area contributed by atoms with Gasteiger partial charge in [0.2, 0.25) is 0 Å². The van der Waals surface area contributed by atoms with E-state index in [9.17, 15) is 0 Å². The second-order valence-electron chi connectivity index (χ2n) is 5.87. The van der Waals surface area contributed by atoms with Crippen molar-refractivity contribution in [2.75, 3.05) is 39.8 Å². The van der Waals surface area contributed by atoms with Gasteiger partial charge in [-0.05, 0) is 50.5 Å². The number of ether oxygens (including phenoxy) is 2. The molecule has 0 fully saturated rings. The van der Waals surface area contributed by atoms with E-state index in [-0.39, 0.29) is 0 Å². The highest BCUT2D eigenvalue weighted by atomic mass is 16.5. The van der Waals surface area contributed by atoms with Crippen molar-refractivity contribution in [3.8, 4) is 0 Å². The minimum absolute atomic E-state index is 0.871. The van der Waals surface area contributed by atoms with Crippen molar-refractivity contribution < 1.29 is 9.47 Å². The zero-order valence-corrected chi connectivity index (χ0v) is 15.5. The van der Waals surface area contributed by atoms with Crippen LogP contribution in [0.3, 0.4) is 0 Å². The molecule has 0 aliphatic heterocycles. The highest BCUT2D eigenvalue weighted by Crippen LogP contribution is 2.21. The molecule has 0 bridgehead atoms. The van der Waals surface area contributed by atoms with Gasteiger partial charge in [-0.1, -0.05) is 18.2 Å². The SMILES string of the molecule is COC(=C(C)C)N(C)CC/C(C)=C(/OC)N(C)c1ccccc1. The van der Waals surface area contributed by atoms with E-state index in [0.717, 1.165) is 30.4 Å². The predicted molar refractivity (Wildman–Crippen MR) is 97.2 cm³/mol. The molecule has 0 aromatic heterocycles. The van der Waals surface area contributed by atoms with Crippen LogP contribution in [-0.2, 0) is 9.47 Å². The van der Waals surface area contributed by atoms with E-state index in [4.69, 9.17) is 9.47 Å². The van der Waals surface area contributed by atoms with Gasteiger partial charge in [0, 0.05) is 26.3 Å². The molecule has 0 saturated heterocycles. The lowest BCUT2D eigenvalue weighted by atomic mass is 10.2. The first kappa shape index (κ1) is 18.9. The molecule has 128 valence electrons. The molecule has 0 spiro atoms. The van der Waals surface area contributed by atoms with Crippen molar-refractivity contribution in [3.63, 3.8) is 0 Å². The Morgan fingerprint density at radius 3 is 1.96 bits per heavy atom. The topological polar surface area (TPSA) is 24.9 Å². The minimum atomic E-state index is 0.871. The van der Waals surface area contributed by atoms with Crippen LogP contribution in [0.1, 0.15) is 27.2 Å². The van der Waals surface area contributed by atoms with Gasteiger partial charge in [0.15, 0.2) is 11.8 Å². The Morgan fingerprint density at radius 2 is 1.48 bits per heavy atom. The van der Waals surface area contributed by atoms with Crippen LogP contribution in [0.2, 0.25) is 0 Å². The molecule has 0 aliphatic carbocycles. The smallest absolute Gasteiger partial charge is 0.192 e. The number of allylic oxidation sites excluding steroid dienone is 1. The summed E-state index contributed by atoms with van der Waals surface area (Å²) in [5.41, 5.74) is 3.49. The molecule has 1 aromatic carbocycles. The van der Waals surface area contributed by atoms with Gasteiger partial charge >= 0.3 is 0 Å². The highest BCUT2D eigenvalue weighted by Gasteiger charge is 2.13. The first-order chi connectivity index (χ1) is 10.9. The maximum Gasteiger partial charge on any atom is 0.192 e. The third kappa shape index (κ3) is 5.23. The van der Waals surface area contributed by atoms with Gasteiger partial charge < -0.3 is 19.3 Å². The molecule has 23 heavy (non-hydrogen) atoms. The third-order valence-corrected chi connectivity index (χ3v) is 3.80. The summed E-state index contributed by atoms with van der Waals surface area (Å²) in [6.07, 6.45) is 0.900. The second-order valence-corrected chi connectivity index (χ2v) is 5.87. The zero-order valence-electron chi connectivity index (χ0n) is 15.5. The fraction of sp³-hybridized carbons (Fsp3) is 0.474. The fourth-order valence-electron chi connectivity index (χ4n) is 2.65. The molecule has 4 heteroatoms. The Bertz CT molecular complexity index is 546. The van der Waals surface area contributed by atoms with E-state index in [2.05, 4.69) is 42.7 Å². The molecule has 0 radical (unpaired) electrons. The molecule has 1 aromatic rings. The van der Waals surface area contributed by atoms with Crippen LogP contribution in [0.25, 0.3) is 0 Å². The van der Waals surface area contributed by atoms with E-state index in [1.807, 2.05) is 32.3 Å². The fourth-order valence-corrected chi connectivity index (χ4v) is 2.65. The Labute approximate surface area is 141 Å². The van der Waals surface area contributed by atoms with Crippen molar-refractivity contribution in [1.82, 2.24) is 4.90 Å².